The molecule has 0 heterocycles. The van der Waals surface area contributed by atoms with Crippen LogP contribution in [0, 0.1) is 0 Å². The first-order chi connectivity index (χ1) is 13.9. The van der Waals surface area contributed by atoms with E-state index in [2.05, 4.69) is 0 Å². The van der Waals surface area contributed by atoms with E-state index in [-0.39, 0.29) is 0 Å². The Bertz CT molecular complexity index is 444. The predicted octanol–water partition coefficient (Wildman–Crippen LogP) is 2.61. The summed E-state index contributed by atoms with van der Waals surface area (Å²) in [6.07, 6.45) is -1.92. The molecule has 0 radical (unpaired) electrons. The molecule has 2 N–H and O–H groups in total. The molecule has 0 rings (SSSR count). The van der Waals surface area contributed by atoms with Crippen LogP contribution < -0.4 is 0 Å². The maximum atomic E-state index is 11.2. The maximum absolute atomic E-state index is 11.2. The first kappa shape index (κ1) is 28.4. The monoisotopic (exact) mass is 436 g/mol. The van der Waals surface area contributed by atoms with E-state index in [9.17, 15) is 19.8 Å². The highest BCUT2D eigenvalue weighted by Crippen LogP contribution is 2.13. The van der Waals surface area contributed by atoms with Gasteiger partial charge in [0.25, 0.3) is 0 Å². The van der Waals surface area contributed by atoms with E-state index < -0.39 is 23.3 Å². The molecule has 0 aliphatic carbocycles. The molecule has 0 saturated carbocycles. The summed E-state index contributed by atoms with van der Waals surface area (Å²) in [5.74, 6) is 0. The van der Waals surface area contributed by atoms with Gasteiger partial charge in [0.05, 0.1) is 52.9 Å². The predicted molar refractivity (Wildman–Crippen MR) is 112 cm³/mol. The first-order valence-corrected chi connectivity index (χ1v) is 10.2. The number of nitrogens with zero attached hydrogens (tertiary/aromatic N) is 2. The van der Waals surface area contributed by atoms with Gasteiger partial charge in [0.15, 0.2) is 0 Å². The van der Waals surface area contributed by atoms with Gasteiger partial charge in [-0.25, -0.2) is 9.59 Å². The summed E-state index contributed by atoms with van der Waals surface area (Å²) in [6.45, 7) is 14.7. The summed E-state index contributed by atoms with van der Waals surface area (Å²) in [7, 11) is 0. The molecule has 0 aromatic rings. The minimum absolute atomic E-state index is 0.307. The van der Waals surface area contributed by atoms with Crippen molar-refractivity contribution in [1.82, 2.24) is 9.80 Å². The smallest absolute Gasteiger partial charge is 0.407 e. The topological polar surface area (TPSA) is 118 Å². The van der Waals surface area contributed by atoms with Gasteiger partial charge in [-0.15, -0.1) is 0 Å². The van der Waals surface area contributed by atoms with Crippen molar-refractivity contribution >= 4 is 12.2 Å². The van der Waals surface area contributed by atoms with Gasteiger partial charge in [-0.1, -0.05) is 0 Å². The minimum atomic E-state index is -0.961. The van der Waals surface area contributed by atoms with Crippen molar-refractivity contribution in [3.63, 3.8) is 0 Å². The lowest BCUT2D eigenvalue weighted by molar-refractivity contribution is -0.00913. The highest BCUT2D eigenvalue weighted by molar-refractivity contribution is 5.66. The Morgan fingerprint density at radius 3 is 1.00 bits per heavy atom. The number of amides is 2. The van der Waals surface area contributed by atoms with Crippen molar-refractivity contribution in [2.24, 2.45) is 0 Å². The summed E-state index contributed by atoms with van der Waals surface area (Å²) >= 11 is 0. The van der Waals surface area contributed by atoms with Crippen molar-refractivity contribution in [3.8, 4) is 0 Å². The molecule has 30 heavy (non-hydrogen) atoms. The number of carbonyl (C=O) groups is 2. The molecule has 178 valence electrons. The van der Waals surface area contributed by atoms with Crippen LogP contribution in [0.5, 0.6) is 0 Å². The molecule has 10 heteroatoms. The van der Waals surface area contributed by atoms with Gasteiger partial charge < -0.3 is 39.0 Å². The molecular weight excluding hydrogens is 396 g/mol. The third-order valence-corrected chi connectivity index (χ3v) is 4.12. The Morgan fingerprint density at radius 2 is 0.800 bits per heavy atom. The average Bonchev–Trinajstić information content (AvgIpc) is 2.58. The summed E-state index contributed by atoms with van der Waals surface area (Å²) in [6, 6.07) is 0. The van der Waals surface area contributed by atoms with Crippen LogP contribution in [-0.4, -0.2) is 109 Å². The van der Waals surface area contributed by atoms with Gasteiger partial charge in [-0.05, 0) is 41.5 Å². The van der Waals surface area contributed by atoms with Crippen molar-refractivity contribution in [2.45, 2.75) is 52.6 Å². The van der Waals surface area contributed by atoms with Crippen molar-refractivity contribution < 1.29 is 38.7 Å². The standard InChI is InChI=1S/C20H40N2O8/c1-19(2,3)21(17(23)24)7-9-27-11-13-29-15-16-30-14-12-28-10-8-22(18(25)26)20(4,5)6/h7-16H2,1-6H3,(H,23,24)(H,25,26). The molecule has 10 nitrogen and oxygen atoms in total. The van der Waals surface area contributed by atoms with Gasteiger partial charge in [0.2, 0.25) is 0 Å². The van der Waals surface area contributed by atoms with E-state index in [1.165, 1.54) is 9.80 Å². The van der Waals surface area contributed by atoms with Crippen molar-refractivity contribution in [1.29, 1.82) is 0 Å². The summed E-state index contributed by atoms with van der Waals surface area (Å²) in [4.78, 5) is 25.1. The SMILES string of the molecule is CC(C)(C)N(CCOCCOCCOCCOCCN(C(=O)O)C(C)(C)C)C(=O)O. The van der Waals surface area contributed by atoms with Crippen LogP contribution >= 0.6 is 0 Å². The van der Waals surface area contributed by atoms with Crippen molar-refractivity contribution in [3.05, 3.63) is 0 Å². The van der Waals surface area contributed by atoms with E-state index in [0.29, 0.717) is 65.9 Å². The van der Waals surface area contributed by atoms with E-state index in [4.69, 9.17) is 18.9 Å². The fourth-order valence-electron chi connectivity index (χ4n) is 2.51. The van der Waals surface area contributed by atoms with Gasteiger partial charge in [-0.2, -0.15) is 0 Å². The molecule has 0 aliphatic rings. The first-order valence-electron chi connectivity index (χ1n) is 10.2. The average molecular weight is 437 g/mol. The number of rotatable bonds is 15. The second kappa shape index (κ2) is 14.4. The molecular formula is C20H40N2O8. The van der Waals surface area contributed by atoms with Gasteiger partial charge in [-0.3, -0.25) is 0 Å². The van der Waals surface area contributed by atoms with Crippen LogP contribution in [0.15, 0.2) is 0 Å². The molecule has 0 spiro atoms. The second-order valence-corrected chi connectivity index (χ2v) is 8.66. The minimum Gasteiger partial charge on any atom is -0.465 e. The third-order valence-electron chi connectivity index (χ3n) is 4.12. The number of hydrogen-bond donors (Lipinski definition) is 2. The Kier molecular flexibility index (Phi) is 13.6. The molecule has 0 atom stereocenters. The molecule has 0 aromatic heterocycles. The molecule has 0 aromatic carbocycles. The van der Waals surface area contributed by atoms with Gasteiger partial charge in [0.1, 0.15) is 0 Å². The van der Waals surface area contributed by atoms with Crippen LogP contribution in [0.1, 0.15) is 41.5 Å². The molecule has 0 fully saturated rings. The Balaban J connectivity index is 3.55. The van der Waals surface area contributed by atoms with Crippen LogP contribution in [0.3, 0.4) is 0 Å². The zero-order valence-electron chi connectivity index (χ0n) is 19.3. The van der Waals surface area contributed by atoms with Gasteiger partial charge in [0, 0.05) is 24.2 Å². The van der Waals surface area contributed by atoms with Crippen LogP contribution in [-0.2, 0) is 18.9 Å². The molecule has 0 aliphatic heterocycles. The highest BCUT2D eigenvalue weighted by Gasteiger charge is 2.26. The largest absolute Gasteiger partial charge is 0.465 e. The van der Waals surface area contributed by atoms with Crippen molar-refractivity contribution in [2.75, 3.05) is 65.9 Å². The van der Waals surface area contributed by atoms with E-state index >= 15 is 0 Å². The van der Waals surface area contributed by atoms with Gasteiger partial charge >= 0.3 is 12.2 Å². The molecule has 0 saturated heterocycles. The van der Waals surface area contributed by atoms with Crippen LogP contribution in [0.25, 0.3) is 0 Å². The quantitative estimate of drug-likeness (QED) is 0.376. The lowest BCUT2D eigenvalue weighted by Gasteiger charge is -2.33. The van der Waals surface area contributed by atoms with E-state index in [1.54, 1.807) is 0 Å². The Hall–Kier alpha value is -1.62. The number of hydrogen-bond acceptors (Lipinski definition) is 6. The zero-order valence-corrected chi connectivity index (χ0v) is 19.3. The maximum Gasteiger partial charge on any atom is 0.407 e. The van der Waals surface area contributed by atoms with Crippen LogP contribution in [0.2, 0.25) is 0 Å². The summed E-state index contributed by atoms with van der Waals surface area (Å²) in [5, 5.41) is 18.4. The molecule has 2 amide bonds. The van der Waals surface area contributed by atoms with E-state index in [0.717, 1.165) is 0 Å². The zero-order chi connectivity index (χ0) is 23.2. The molecule has 0 bridgehead atoms. The lowest BCUT2D eigenvalue weighted by Crippen LogP contribution is -2.46. The second-order valence-electron chi connectivity index (χ2n) is 8.66. The highest BCUT2D eigenvalue weighted by atomic mass is 16.6. The normalized spacial score (nSPS) is 12.1. The summed E-state index contributed by atoms with van der Waals surface area (Å²) in [5.41, 5.74) is -0.927. The number of ether oxygens (including phenoxy) is 4. The number of carboxylic acid groups (broad SMARTS) is 2. The Labute approximate surface area is 180 Å². The molecule has 0 unspecified atom stereocenters. The fourth-order valence-corrected chi connectivity index (χ4v) is 2.51. The van der Waals surface area contributed by atoms with Crippen LogP contribution in [0.4, 0.5) is 9.59 Å². The third kappa shape index (κ3) is 13.6. The fraction of sp³-hybridized carbons (Fsp3) is 0.900. The lowest BCUT2D eigenvalue weighted by atomic mass is 10.1. The summed E-state index contributed by atoms with van der Waals surface area (Å²) < 4.78 is 21.6. The Morgan fingerprint density at radius 1 is 0.567 bits per heavy atom. The van der Waals surface area contributed by atoms with E-state index in [1.807, 2.05) is 41.5 Å².